The van der Waals surface area contributed by atoms with E-state index in [1.165, 1.54) is 12.7 Å². The molecule has 7 heteroatoms. The maximum absolute atomic E-state index is 9.22. The van der Waals surface area contributed by atoms with Crippen LogP contribution in [0.15, 0.2) is 25.0 Å². The van der Waals surface area contributed by atoms with Crippen LogP contribution in [-0.4, -0.2) is 31.5 Å². The second-order valence-corrected chi connectivity index (χ2v) is 5.21. The first-order valence-corrected chi connectivity index (χ1v) is 6.86. The Balaban J connectivity index is 2.17. The standard InChI is InChI=1S/C15H14N6O/c1-9(2)6-22-15-13-11(5-18-14(13)20-8-21-15)10-4-17-7-19-12(10)3-16/h4-5,7-9H,6H2,1-2H3,(H,18,20,21). The summed E-state index contributed by atoms with van der Waals surface area (Å²) in [4.78, 5) is 19.5. The number of nitrogens with zero attached hydrogens (tertiary/aromatic N) is 5. The minimum atomic E-state index is 0.301. The van der Waals surface area contributed by atoms with E-state index in [1.54, 1.807) is 12.4 Å². The predicted molar refractivity (Wildman–Crippen MR) is 80.0 cm³/mol. The third-order valence-corrected chi connectivity index (χ3v) is 3.10. The van der Waals surface area contributed by atoms with E-state index in [1.807, 2.05) is 0 Å². The molecular weight excluding hydrogens is 280 g/mol. The third-order valence-electron chi connectivity index (χ3n) is 3.10. The number of aromatic nitrogens is 5. The van der Waals surface area contributed by atoms with Crippen LogP contribution >= 0.6 is 0 Å². The number of hydrogen-bond acceptors (Lipinski definition) is 6. The Morgan fingerprint density at radius 3 is 2.86 bits per heavy atom. The first-order chi connectivity index (χ1) is 10.7. The lowest BCUT2D eigenvalue weighted by molar-refractivity contribution is 0.264. The smallest absolute Gasteiger partial charge is 0.226 e. The number of H-pyrrole nitrogens is 1. The number of nitrogens with one attached hydrogen (secondary N) is 1. The lowest BCUT2D eigenvalue weighted by Gasteiger charge is -2.09. The quantitative estimate of drug-likeness (QED) is 0.792. The number of ether oxygens (including phenoxy) is 1. The van der Waals surface area contributed by atoms with Gasteiger partial charge in [-0.25, -0.2) is 19.9 Å². The fourth-order valence-corrected chi connectivity index (χ4v) is 2.12. The van der Waals surface area contributed by atoms with E-state index in [9.17, 15) is 5.26 Å². The maximum atomic E-state index is 9.22. The third kappa shape index (κ3) is 2.46. The van der Waals surface area contributed by atoms with E-state index in [4.69, 9.17) is 4.74 Å². The molecule has 0 fully saturated rings. The van der Waals surface area contributed by atoms with Crippen LogP contribution in [0.2, 0.25) is 0 Å². The van der Waals surface area contributed by atoms with Crippen molar-refractivity contribution in [1.29, 1.82) is 5.26 Å². The van der Waals surface area contributed by atoms with Crippen molar-refractivity contribution in [3.8, 4) is 23.1 Å². The first kappa shape index (κ1) is 13.9. The van der Waals surface area contributed by atoms with Crippen molar-refractivity contribution in [1.82, 2.24) is 24.9 Å². The molecule has 0 bridgehead atoms. The molecule has 3 aromatic rings. The maximum Gasteiger partial charge on any atom is 0.226 e. The van der Waals surface area contributed by atoms with Crippen LogP contribution in [0.25, 0.3) is 22.2 Å². The van der Waals surface area contributed by atoms with Crippen molar-refractivity contribution < 1.29 is 4.74 Å². The summed E-state index contributed by atoms with van der Waals surface area (Å²) in [7, 11) is 0. The Morgan fingerprint density at radius 1 is 1.23 bits per heavy atom. The van der Waals surface area contributed by atoms with E-state index in [-0.39, 0.29) is 0 Å². The Labute approximate surface area is 127 Å². The molecule has 0 radical (unpaired) electrons. The fraction of sp³-hybridized carbons (Fsp3) is 0.267. The Morgan fingerprint density at radius 2 is 2.09 bits per heavy atom. The molecular formula is C15H14N6O. The summed E-state index contributed by atoms with van der Waals surface area (Å²) < 4.78 is 5.78. The fourth-order valence-electron chi connectivity index (χ4n) is 2.12. The molecule has 0 saturated carbocycles. The molecule has 0 atom stereocenters. The molecule has 0 saturated heterocycles. The number of aromatic amines is 1. The summed E-state index contributed by atoms with van der Waals surface area (Å²) in [5.74, 6) is 0.866. The van der Waals surface area contributed by atoms with Gasteiger partial charge in [0.05, 0.1) is 12.0 Å². The molecule has 0 spiro atoms. The van der Waals surface area contributed by atoms with E-state index in [2.05, 4.69) is 44.8 Å². The number of nitriles is 1. The largest absolute Gasteiger partial charge is 0.477 e. The van der Waals surface area contributed by atoms with Crippen LogP contribution in [0.3, 0.4) is 0 Å². The molecule has 0 aliphatic heterocycles. The molecule has 0 unspecified atom stereocenters. The zero-order valence-electron chi connectivity index (χ0n) is 12.2. The summed E-state index contributed by atoms with van der Waals surface area (Å²) in [5.41, 5.74) is 2.33. The van der Waals surface area contributed by atoms with Gasteiger partial charge in [-0.1, -0.05) is 13.8 Å². The van der Waals surface area contributed by atoms with Crippen LogP contribution in [0.1, 0.15) is 19.5 Å². The molecule has 110 valence electrons. The van der Waals surface area contributed by atoms with Crippen LogP contribution in [0, 0.1) is 17.2 Å². The second kappa shape index (κ2) is 5.77. The van der Waals surface area contributed by atoms with Gasteiger partial charge in [0.15, 0.2) is 5.69 Å². The van der Waals surface area contributed by atoms with E-state index < -0.39 is 0 Å². The lowest BCUT2D eigenvalue weighted by atomic mass is 10.1. The topological polar surface area (TPSA) is 100 Å². The highest BCUT2D eigenvalue weighted by Gasteiger charge is 2.17. The minimum absolute atomic E-state index is 0.301. The highest BCUT2D eigenvalue weighted by Crippen LogP contribution is 2.33. The van der Waals surface area contributed by atoms with Crippen LogP contribution in [0.4, 0.5) is 0 Å². The van der Waals surface area contributed by atoms with Crippen molar-refractivity contribution >= 4 is 11.0 Å². The van der Waals surface area contributed by atoms with Gasteiger partial charge in [-0.05, 0) is 5.92 Å². The van der Waals surface area contributed by atoms with Gasteiger partial charge in [-0.15, -0.1) is 0 Å². The summed E-state index contributed by atoms with van der Waals surface area (Å²) in [6.45, 7) is 4.68. The predicted octanol–water partition coefficient (Wildman–Crippen LogP) is 2.32. The number of hydrogen-bond donors (Lipinski definition) is 1. The van der Waals surface area contributed by atoms with E-state index >= 15 is 0 Å². The molecule has 3 heterocycles. The van der Waals surface area contributed by atoms with E-state index in [0.717, 1.165) is 10.9 Å². The van der Waals surface area contributed by atoms with Crippen molar-refractivity contribution in [2.75, 3.05) is 6.61 Å². The van der Waals surface area contributed by atoms with Crippen LogP contribution in [-0.2, 0) is 0 Å². The van der Waals surface area contributed by atoms with Gasteiger partial charge >= 0.3 is 0 Å². The van der Waals surface area contributed by atoms with Gasteiger partial charge in [0.1, 0.15) is 24.4 Å². The zero-order valence-corrected chi connectivity index (χ0v) is 12.2. The number of fused-ring (bicyclic) bond motifs is 1. The summed E-state index contributed by atoms with van der Waals surface area (Å²) in [6, 6.07) is 2.07. The van der Waals surface area contributed by atoms with Gasteiger partial charge in [-0.2, -0.15) is 5.26 Å². The van der Waals surface area contributed by atoms with Gasteiger partial charge in [0.2, 0.25) is 5.88 Å². The molecule has 22 heavy (non-hydrogen) atoms. The van der Waals surface area contributed by atoms with E-state index in [0.29, 0.717) is 35.3 Å². The van der Waals surface area contributed by atoms with Crippen LogP contribution in [0.5, 0.6) is 5.88 Å². The highest BCUT2D eigenvalue weighted by atomic mass is 16.5. The molecule has 1 N–H and O–H groups in total. The van der Waals surface area contributed by atoms with Gasteiger partial charge in [0, 0.05) is 23.5 Å². The van der Waals surface area contributed by atoms with Gasteiger partial charge in [0.25, 0.3) is 0 Å². The van der Waals surface area contributed by atoms with Crippen LogP contribution < -0.4 is 4.74 Å². The normalized spacial score (nSPS) is 10.8. The van der Waals surface area contributed by atoms with Gasteiger partial charge in [-0.3, -0.25) is 0 Å². The second-order valence-electron chi connectivity index (χ2n) is 5.21. The Kier molecular flexibility index (Phi) is 3.66. The molecule has 3 rings (SSSR count). The Hall–Kier alpha value is -3.01. The average molecular weight is 294 g/mol. The van der Waals surface area contributed by atoms with Gasteiger partial charge < -0.3 is 9.72 Å². The number of rotatable bonds is 4. The minimum Gasteiger partial charge on any atom is -0.477 e. The first-order valence-electron chi connectivity index (χ1n) is 6.86. The summed E-state index contributed by atoms with van der Waals surface area (Å²) >= 11 is 0. The van der Waals surface area contributed by atoms with Crippen molar-refractivity contribution in [3.63, 3.8) is 0 Å². The average Bonchev–Trinajstić information content (AvgIpc) is 2.97. The summed E-state index contributed by atoms with van der Waals surface area (Å²) in [6.07, 6.45) is 6.17. The van der Waals surface area contributed by atoms with Crippen molar-refractivity contribution in [2.24, 2.45) is 5.92 Å². The van der Waals surface area contributed by atoms with Crippen molar-refractivity contribution in [3.05, 3.63) is 30.7 Å². The molecule has 0 aromatic carbocycles. The molecule has 0 aliphatic rings. The molecule has 0 amide bonds. The molecule has 0 aliphatic carbocycles. The van der Waals surface area contributed by atoms with Crippen molar-refractivity contribution in [2.45, 2.75) is 13.8 Å². The monoisotopic (exact) mass is 294 g/mol. The highest BCUT2D eigenvalue weighted by molar-refractivity contribution is 5.97. The molecule has 3 aromatic heterocycles. The summed E-state index contributed by atoms with van der Waals surface area (Å²) in [5, 5.41) is 9.95. The lowest BCUT2D eigenvalue weighted by Crippen LogP contribution is -2.06. The molecule has 7 nitrogen and oxygen atoms in total. The zero-order chi connectivity index (χ0) is 15.5. The Bertz CT molecular complexity index is 849. The SMILES string of the molecule is CC(C)COc1ncnc2[nH]cc(-c3cncnc3C#N)c12.